The van der Waals surface area contributed by atoms with Crippen LogP contribution in [0.3, 0.4) is 0 Å². The normalized spacial score (nSPS) is 23.0. The lowest BCUT2D eigenvalue weighted by Gasteiger charge is -2.38. The maximum Gasteiger partial charge on any atom is 0.227 e. The van der Waals surface area contributed by atoms with Gasteiger partial charge in [-0.05, 0) is 42.9 Å². The molecule has 1 saturated carbocycles. The van der Waals surface area contributed by atoms with Crippen molar-refractivity contribution in [3.63, 3.8) is 0 Å². The van der Waals surface area contributed by atoms with Crippen LogP contribution in [0.15, 0.2) is 18.2 Å². The number of methoxy groups -OCH3 is 2. The van der Waals surface area contributed by atoms with Crippen LogP contribution in [0.1, 0.15) is 44.6 Å². The number of carbonyl (C=O) groups excluding carboxylic acids is 1. The second kappa shape index (κ2) is 8.76. The van der Waals surface area contributed by atoms with Gasteiger partial charge in [-0.15, -0.1) is 0 Å². The number of unbranched alkanes of at least 4 members (excludes halogenated alkanes) is 1. The Hall–Kier alpha value is -1.75. The highest BCUT2D eigenvalue weighted by molar-refractivity contribution is 5.79. The largest absolute Gasteiger partial charge is 0.493 e. The molecule has 0 aromatic heterocycles. The van der Waals surface area contributed by atoms with Crippen molar-refractivity contribution in [3.05, 3.63) is 23.8 Å². The van der Waals surface area contributed by atoms with Crippen LogP contribution in [-0.4, -0.2) is 50.3 Å². The van der Waals surface area contributed by atoms with E-state index >= 15 is 0 Å². The summed E-state index contributed by atoms with van der Waals surface area (Å²) in [7, 11) is 3.23. The quantitative estimate of drug-likeness (QED) is 0.712. The van der Waals surface area contributed by atoms with E-state index < -0.39 is 0 Å². The van der Waals surface area contributed by atoms with Crippen molar-refractivity contribution in [2.24, 2.45) is 5.92 Å². The Morgan fingerprint density at radius 1 is 1.19 bits per heavy atom. The number of amides is 1. The molecule has 2 fully saturated rings. The number of morpholine rings is 1. The summed E-state index contributed by atoms with van der Waals surface area (Å²) in [5.74, 6) is 2.17. The van der Waals surface area contributed by atoms with Gasteiger partial charge in [0.25, 0.3) is 0 Å². The highest BCUT2D eigenvalue weighted by Gasteiger charge is 2.39. The van der Waals surface area contributed by atoms with Gasteiger partial charge in [0.2, 0.25) is 5.91 Å². The number of nitrogens with zero attached hydrogens (tertiary/aromatic N) is 1. The summed E-state index contributed by atoms with van der Waals surface area (Å²) < 4.78 is 16.9. The molecule has 1 aromatic carbocycles. The van der Waals surface area contributed by atoms with Crippen LogP contribution in [-0.2, 0) is 16.0 Å². The molecule has 5 nitrogen and oxygen atoms in total. The van der Waals surface area contributed by atoms with E-state index in [1.807, 2.05) is 23.1 Å². The molecule has 5 heteroatoms. The van der Waals surface area contributed by atoms with Gasteiger partial charge >= 0.3 is 0 Å². The molecule has 144 valence electrons. The van der Waals surface area contributed by atoms with Gasteiger partial charge < -0.3 is 19.1 Å². The van der Waals surface area contributed by atoms with Crippen molar-refractivity contribution in [3.8, 4) is 11.5 Å². The van der Waals surface area contributed by atoms with Crippen molar-refractivity contribution in [2.45, 2.75) is 57.7 Å². The fraction of sp³-hybridized carbons (Fsp3) is 0.667. The molecule has 1 aliphatic heterocycles. The summed E-state index contributed by atoms with van der Waals surface area (Å²) in [6.45, 7) is 3.65. The van der Waals surface area contributed by atoms with Crippen LogP contribution in [0.5, 0.6) is 11.5 Å². The molecule has 1 aromatic rings. The molecule has 1 heterocycles. The minimum Gasteiger partial charge on any atom is -0.493 e. The van der Waals surface area contributed by atoms with Crippen molar-refractivity contribution in [1.82, 2.24) is 4.90 Å². The Balaban J connectivity index is 1.65. The van der Waals surface area contributed by atoms with Crippen molar-refractivity contribution in [1.29, 1.82) is 0 Å². The minimum absolute atomic E-state index is 0.174. The van der Waals surface area contributed by atoms with E-state index in [0.29, 0.717) is 23.8 Å². The summed E-state index contributed by atoms with van der Waals surface area (Å²) in [5, 5.41) is 0. The number of rotatable bonds is 8. The SMILES string of the molecule is CCCC[C@@H]1CN(C(=O)Cc2ccc(OC)c(OC)c2)C[C@H](C2CC2)O1. The average molecular weight is 361 g/mol. The van der Waals surface area contributed by atoms with Crippen molar-refractivity contribution >= 4 is 5.91 Å². The number of carbonyl (C=O) groups is 1. The van der Waals surface area contributed by atoms with E-state index in [2.05, 4.69) is 6.92 Å². The molecule has 0 spiro atoms. The molecule has 3 rings (SSSR count). The number of hydrogen-bond acceptors (Lipinski definition) is 4. The third-order valence-corrected chi connectivity index (χ3v) is 5.38. The van der Waals surface area contributed by atoms with Crippen molar-refractivity contribution in [2.75, 3.05) is 27.3 Å². The highest BCUT2D eigenvalue weighted by atomic mass is 16.5. The van der Waals surface area contributed by atoms with Crippen LogP contribution in [0.25, 0.3) is 0 Å². The number of benzene rings is 1. The summed E-state index contributed by atoms with van der Waals surface area (Å²) in [5.41, 5.74) is 0.951. The van der Waals surface area contributed by atoms with Crippen LogP contribution >= 0.6 is 0 Å². The zero-order chi connectivity index (χ0) is 18.5. The molecule has 0 bridgehead atoms. The van der Waals surface area contributed by atoms with Gasteiger partial charge in [-0.2, -0.15) is 0 Å². The Morgan fingerprint density at radius 2 is 1.96 bits per heavy atom. The lowest BCUT2D eigenvalue weighted by Crippen LogP contribution is -2.51. The van der Waals surface area contributed by atoms with Crippen LogP contribution in [0, 0.1) is 5.92 Å². The fourth-order valence-corrected chi connectivity index (χ4v) is 3.67. The Kier molecular flexibility index (Phi) is 6.41. The van der Waals surface area contributed by atoms with Crippen LogP contribution in [0.2, 0.25) is 0 Å². The average Bonchev–Trinajstić information content (AvgIpc) is 3.51. The number of ether oxygens (including phenoxy) is 3. The van der Waals surface area contributed by atoms with Gasteiger partial charge in [0.05, 0.1) is 32.8 Å². The predicted molar refractivity (Wildman–Crippen MR) is 101 cm³/mol. The Labute approximate surface area is 156 Å². The fourth-order valence-electron chi connectivity index (χ4n) is 3.67. The lowest BCUT2D eigenvalue weighted by atomic mass is 10.0. The molecule has 1 amide bonds. The maximum atomic E-state index is 12.9. The minimum atomic E-state index is 0.174. The van der Waals surface area contributed by atoms with Gasteiger partial charge in [0.15, 0.2) is 11.5 Å². The van der Waals surface area contributed by atoms with Gasteiger partial charge in [-0.1, -0.05) is 25.8 Å². The first-order valence-corrected chi connectivity index (χ1v) is 9.78. The van der Waals surface area contributed by atoms with Gasteiger partial charge in [-0.3, -0.25) is 4.79 Å². The molecule has 0 radical (unpaired) electrons. The monoisotopic (exact) mass is 361 g/mol. The zero-order valence-corrected chi connectivity index (χ0v) is 16.2. The van der Waals surface area contributed by atoms with E-state index in [-0.39, 0.29) is 18.1 Å². The van der Waals surface area contributed by atoms with E-state index in [4.69, 9.17) is 14.2 Å². The molecule has 0 unspecified atom stereocenters. The second-order valence-corrected chi connectivity index (χ2v) is 7.44. The van der Waals surface area contributed by atoms with Crippen LogP contribution in [0.4, 0.5) is 0 Å². The van der Waals surface area contributed by atoms with Gasteiger partial charge in [0.1, 0.15) is 0 Å². The molecular formula is C21H31NO4. The van der Waals surface area contributed by atoms with E-state index in [0.717, 1.165) is 37.9 Å². The summed E-state index contributed by atoms with van der Waals surface area (Å²) in [6, 6.07) is 5.69. The van der Waals surface area contributed by atoms with E-state index in [1.54, 1.807) is 14.2 Å². The molecule has 26 heavy (non-hydrogen) atoms. The predicted octanol–water partition coefficient (Wildman–Crippen LogP) is 3.44. The molecule has 1 saturated heterocycles. The molecular weight excluding hydrogens is 330 g/mol. The van der Waals surface area contributed by atoms with Crippen LogP contribution < -0.4 is 9.47 Å². The summed E-state index contributed by atoms with van der Waals surface area (Å²) in [6.07, 6.45) is 6.63. The Bertz CT molecular complexity index is 614. The zero-order valence-electron chi connectivity index (χ0n) is 16.2. The topological polar surface area (TPSA) is 48.0 Å². The lowest BCUT2D eigenvalue weighted by molar-refractivity contribution is -0.147. The molecule has 0 N–H and O–H groups in total. The standard InChI is InChI=1S/C21H31NO4/c1-4-5-6-17-13-22(14-20(26-17)16-8-9-16)21(23)12-15-7-10-18(24-2)19(11-15)25-3/h7,10-11,16-17,20H,4-6,8-9,12-14H2,1-3H3/t17-,20-/m1/s1. The van der Waals surface area contributed by atoms with E-state index in [1.165, 1.54) is 12.8 Å². The smallest absolute Gasteiger partial charge is 0.227 e. The first kappa shape index (κ1) is 19.0. The van der Waals surface area contributed by atoms with Gasteiger partial charge in [-0.25, -0.2) is 0 Å². The van der Waals surface area contributed by atoms with E-state index in [9.17, 15) is 4.79 Å². The summed E-state index contributed by atoms with van der Waals surface area (Å²) >= 11 is 0. The van der Waals surface area contributed by atoms with Gasteiger partial charge in [0, 0.05) is 13.1 Å². The summed E-state index contributed by atoms with van der Waals surface area (Å²) in [4.78, 5) is 14.9. The first-order valence-electron chi connectivity index (χ1n) is 9.78. The molecule has 1 aliphatic carbocycles. The van der Waals surface area contributed by atoms with Crippen molar-refractivity contribution < 1.29 is 19.0 Å². The third kappa shape index (κ3) is 4.70. The maximum absolute atomic E-state index is 12.9. The molecule has 2 atom stereocenters. The first-order chi connectivity index (χ1) is 12.6. The number of hydrogen-bond donors (Lipinski definition) is 0. The Morgan fingerprint density at radius 3 is 2.62 bits per heavy atom. The second-order valence-electron chi connectivity index (χ2n) is 7.44. The third-order valence-electron chi connectivity index (χ3n) is 5.38. The molecule has 2 aliphatic rings. The highest BCUT2D eigenvalue weighted by Crippen LogP contribution is 2.37.